The highest BCUT2D eigenvalue weighted by Crippen LogP contribution is 2.08. The quantitative estimate of drug-likeness (QED) is 0.109. The standard InChI is InChI=1S/C19H31N5O10/c1-8(2)5-11(17(31)22-10(19(33)34)3-4-14(26)27)24-18(32)12(7-13(21)25)23-16(30)9(20)6-15(28)29/h8-12H,3-7,20H2,1-2H3,(H2,21,25)(H,22,31)(H,23,30)(H,24,32)(H,26,27)(H,28,29)(H,33,34). The number of aliphatic carboxylic acids is 3. The van der Waals surface area contributed by atoms with Gasteiger partial charge in [-0.1, -0.05) is 13.8 Å². The van der Waals surface area contributed by atoms with E-state index in [0.29, 0.717) is 0 Å². The first-order valence-corrected chi connectivity index (χ1v) is 10.2. The fourth-order valence-electron chi connectivity index (χ4n) is 2.74. The first-order chi connectivity index (χ1) is 15.6. The molecule has 4 unspecified atom stereocenters. The number of nitrogens with two attached hydrogens (primary N) is 2. The Kier molecular flexibility index (Phi) is 12.8. The summed E-state index contributed by atoms with van der Waals surface area (Å²) >= 11 is 0. The Morgan fingerprint density at radius 1 is 0.735 bits per heavy atom. The summed E-state index contributed by atoms with van der Waals surface area (Å²) in [7, 11) is 0. The van der Waals surface area contributed by atoms with Gasteiger partial charge in [0.1, 0.15) is 18.1 Å². The van der Waals surface area contributed by atoms with Crippen LogP contribution in [0.15, 0.2) is 0 Å². The number of amides is 4. The number of carboxylic acid groups (broad SMARTS) is 3. The number of carbonyl (C=O) groups excluding carboxylic acids is 4. The SMILES string of the molecule is CC(C)CC(NC(=O)C(CC(N)=O)NC(=O)C(N)CC(=O)O)C(=O)NC(CCC(=O)O)C(=O)O. The maximum atomic E-state index is 12.7. The van der Waals surface area contributed by atoms with Gasteiger partial charge < -0.3 is 42.7 Å². The number of hydrogen-bond donors (Lipinski definition) is 8. The molecule has 0 aromatic heterocycles. The van der Waals surface area contributed by atoms with E-state index in [9.17, 15) is 38.7 Å². The Morgan fingerprint density at radius 3 is 1.68 bits per heavy atom. The Balaban J connectivity index is 5.54. The molecule has 4 atom stereocenters. The molecule has 0 saturated heterocycles. The van der Waals surface area contributed by atoms with Crippen molar-refractivity contribution in [2.24, 2.45) is 17.4 Å². The summed E-state index contributed by atoms with van der Waals surface area (Å²) < 4.78 is 0. The molecule has 0 saturated carbocycles. The van der Waals surface area contributed by atoms with Gasteiger partial charge in [0.15, 0.2) is 0 Å². The first-order valence-electron chi connectivity index (χ1n) is 10.2. The van der Waals surface area contributed by atoms with Crippen LogP contribution in [-0.2, 0) is 33.6 Å². The predicted molar refractivity (Wildman–Crippen MR) is 114 cm³/mol. The molecule has 10 N–H and O–H groups in total. The average molecular weight is 489 g/mol. The van der Waals surface area contributed by atoms with E-state index in [1.807, 2.05) is 0 Å². The Labute approximate surface area is 194 Å². The lowest BCUT2D eigenvalue weighted by atomic mass is 10.0. The molecule has 0 radical (unpaired) electrons. The molecule has 0 aliphatic carbocycles. The zero-order valence-corrected chi connectivity index (χ0v) is 18.8. The second-order valence-electron chi connectivity index (χ2n) is 7.96. The van der Waals surface area contributed by atoms with E-state index in [0.717, 1.165) is 0 Å². The molecular formula is C19H31N5O10. The summed E-state index contributed by atoms with van der Waals surface area (Å²) in [5.74, 6) is -8.27. The molecule has 0 rings (SSSR count). The zero-order valence-electron chi connectivity index (χ0n) is 18.8. The molecule has 15 nitrogen and oxygen atoms in total. The fourth-order valence-corrected chi connectivity index (χ4v) is 2.74. The van der Waals surface area contributed by atoms with Crippen LogP contribution in [0, 0.1) is 5.92 Å². The van der Waals surface area contributed by atoms with Crippen LogP contribution < -0.4 is 27.4 Å². The van der Waals surface area contributed by atoms with Crippen molar-refractivity contribution in [1.82, 2.24) is 16.0 Å². The molecular weight excluding hydrogens is 458 g/mol. The van der Waals surface area contributed by atoms with Crippen molar-refractivity contribution in [3.05, 3.63) is 0 Å². The van der Waals surface area contributed by atoms with E-state index >= 15 is 0 Å². The summed E-state index contributed by atoms with van der Waals surface area (Å²) in [6, 6.07) is -5.96. The van der Waals surface area contributed by atoms with Crippen LogP contribution in [0.25, 0.3) is 0 Å². The molecule has 0 spiro atoms. The van der Waals surface area contributed by atoms with Gasteiger partial charge in [-0.15, -0.1) is 0 Å². The van der Waals surface area contributed by atoms with Gasteiger partial charge in [0.2, 0.25) is 23.6 Å². The topological polar surface area (TPSA) is 268 Å². The second kappa shape index (κ2) is 14.4. The summed E-state index contributed by atoms with van der Waals surface area (Å²) in [6.07, 6.45) is -2.34. The minimum Gasteiger partial charge on any atom is -0.481 e. The van der Waals surface area contributed by atoms with Gasteiger partial charge in [-0.05, 0) is 18.8 Å². The van der Waals surface area contributed by atoms with Crippen LogP contribution in [0.4, 0.5) is 0 Å². The lowest BCUT2D eigenvalue weighted by molar-refractivity contribution is -0.143. The largest absolute Gasteiger partial charge is 0.481 e. The lowest BCUT2D eigenvalue weighted by Crippen LogP contribution is -2.58. The lowest BCUT2D eigenvalue weighted by Gasteiger charge is -2.25. The highest BCUT2D eigenvalue weighted by molar-refractivity contribution is 5.96. The van der Waals surface area contributed by atoms with E-state index in [1.165, 1.54) is 0 Å². The molecule has 0 aromatic rings. The highest BCUT2D eigenvalue weighted by atomic mass is 16.4. The number of nitrogens with one attached hydrogen (secondary N) is 3. The van der Waals surface area contributed by atoms with Gasteiger partial charge in [0, 0.05) is 6.42 Å². The van der Waals surface area contributed by atoms with Crippen molar-refractivity contribution < 1.29 is 48.9 Å². The van der Waals surface area contributed by atoms with Gasteiger partial charge >= 0.3 is 17.9 Å². The van der Waals surface area contributed by atoms with E-state index < -0.39 is 91.4 Å². The summed E-state index contributed by atoms with van der Waals surface area (Å²) in [5, 5.41) is 33.3. The predicted octanol–water partition coefficient (Wildman–Crippen LogP) is -2.89. The Hall–Kier alpha value is -3.75. The Morgan fingerprint density at radius 2 is 1.24 bits per heavy atom. The van der Waals surface area contributed by atoms with Crippen molar-refractivity contribution in [2.75, 3.05) is 0 Å². The monoisotopic (exact) mass is 489 g/mol. The van der Waals surface area contributed by atoms with Gasteiger partial charge in [-0.3, -0.25) is 28.8 Å². The first kappa shape index (κ1) is 30.2. The van der Waals surface area contributed by atoms with E-state index in [1.54, 1.807) is 13.8 Å². The molecule has 0 aromatic carbocycles. The summed E-state index contributed by atoms with van der Waals surface area (Å²) in [4.78, 5) is 81.7. The smallest absolute Gasteiger partial charge is 0.326 e. The van der Waals surface area contributed by atoms with Crippen molar-refractivity contribution in [3.8, 4) is 0 Å². The zero-order chi connectivity index (χ0) is 26.6. The molecule has 4 amide bonds. The van der Waals surface area contributed by atoms with Gasteiger partial charge in [0.05, 0.1) is 18.9 Å². The third-order valence-corrected chi connectivity index (χ3v) is 4.37. The summed E-state index contributed by atoms with van der Waals surface area (Å²) in [5.41, 5.74) is 10.5. The molecule has 0 fully saturated rings. The van der Waals surface area contributed by atoms with Crippen LogP contribution in [0.5, 0.6) is 0 Å². The van der Waals surface area contributed by atoms with E-state index in [2.05, 4.69) is 16.0 Å². The fraction of sp³-hybridized carbons (Fsp3) is 0.632. The molecule has 15 heteroatoms. The van der Waals surface area contributed by atoms with Gasteiger partial charge in [-0.25, -0.2) is 4.79 Å². The molecule has 0 aliphatic heterocycles. The van der Waals surface area contributed by atoms with Crippen LogP contribution in [-0.4, -0.2) is 81.0 Å². The van der Waals surface area contributed by atoms with Gasteiger partial charge in [-0.2, -0.15) is 0 Å². The van der Waals surface area contributed by atoms with Crippen LogP contribution in [0.3, 0.4) is 0 Å². The second-order valence-corrected chi connectivity index (χ2v) is 7.96. The maximum Gasteiger partial charge on any atom is 0.326 e. The van der Waals surface area contributed by atoms with Crippen molar-refractivity contribution >= 4 is 41.5 Å². The van der Waals surface area contributed by atoms with Crippen LogP contribution >= 0.6 is 0 Å². The number of carbonyl (C=O) groups is 7. The number of hydrogen-bond acceptors (Lipinski definition) is 8. The third kappa shape index (κ3) is 12.3. The normalized spacial score (nSPS) is 14.2. The number of rotatable bonds is 16. The van der Waals surface area contributed by atoms with E-state index in [-0.39, 0.29) is 12.3 Å². The molecule has 192 valence electrons. The van der Waals surface area contributed by atoms with Crippen molar-refractivity contribution in [3.63, 3.8) is 0 Å². The molecule has 0 heterocycles. The van der Waals surface area contributed by atoms with Crippen LogP contribution in [0.1, 0.15) is 46.0 Å². The van der Waals surface area contributed by atoms with Gasteiger partial charge in [0.25, 0.3) is 0 Å². The maximum absolute atomic E-state index is 12.7. The minimum absolute atomic E-state index is 0.0264. The van der Waals surface area contributed by atoms with Crippen LogP contribution in [0.2, 0.25) is 0 Å². The van der Waals surface area contributed by atoms with Crippen molar-refractivity contribution in [1.29, 1.82) is 0 Å². The third-order valence-electron chi connectivity index (χ3n) is 4.37. The Bertz CT molecular complexity index is 800. The average Bonchev–Trinajstić information content (AvgIpc) is 2.68. The number of primary amides is 1. The molecule has 0 aliphatic rings. The van der Waals surface area contributed by atoms with Crippen molar-refractivity contribution in [2.45, 2.75) is 70.1 Å². The highest BCUT2D eigenvalue weighted by Gasteiger charge is 2.32. The molecule has 34 heavy (non-hydrogen) atoms. The molecule has 0 bridgehead atoms. The minimum atomic E-state index is -1.59. The summed E-state index contributed by atoms with van der Waals surface area (Å²) in [6.45, 7) is 3.41. The van der Waals surface area contributed by atoms with E-state index in [4.69, 9.17) is 21.7 Å². The number of carboxylic acids is 3.